The Morgan fingerprint density at radius 3 is 2.68 bits per heavy atom. The Kier molecular flexibility index (Phi) is 3.92. The molecule has 102 valence electrons. The summed E-state index contributed by atoms with van der Waals surface area (Å²) in [5, 5.41) is 14.7. The number of halogens is 2. The largest absolute Gasteiger partial charge is 0.388 e. The molecule has 1 atom stereocenters. The molecule has 0 aliphatic rings. The van der Waals surface area contributed by atoms with Gasteiger partial charge in [0.2, 0.25) is 0 Å². The molecule has 0 fully saturated rings. The minimum absolute atomic E-state index is 0.0701. The Balaban J connectivity index is 2.31. The van der Waals surface area contributed by atoms with E-state index in [0.29, 0.717) is 5.56 Å². The molecule has 2 aromatic rings. The number of hydrogen-bond donors (Lipinski definition) is 1. The number of aliphatic hydroxyl groups is 1. The van der Waals surface area contributed by atoms with Gasteiger partial charge in [0.1, 0.15) is 5.82 Å². The van der Waals surface area contributed by atoms with Crippen LogP contribution < -0.4 is 0 Å². The van der Waals surface area contributed by atoms with Gasteiger partial charge in [-0.3, -0.25) is 4.68 Å². The van der Waals surface area contributed by atoms with Crippen LogP contribution in [0.15, 0.2) is 18.2 Å². The molecule has 19 heavy (non-hydrogen) atoms. The van der Waals surface area contributed by atoms with Crippen molar-refractivity contribution >= 4 is 11.6 Å². The van der Waals surface area contributed by atoms with Crippen LogP contribution in [0.4, 0.5) is 4.39 Å². The summed E-state index contributed by atoms with van der Waals surface area (Å²) < 4.78 is 15.1. The van der Waals surface area contributed by atoms with Crippen molar-refractivity contribution in [1.82, 2.24) is 9.78 Å². The number of rotatable bonds is 3. The Hall–Kier alpha value is -1.39. The van der Waals surface area contributed by atoms with Crippen LogP contribution in [0.1, 0.15) is 28.6 Å². The predicted molar refractivity (Wildman–Crippen MR) is 72.8 cm³/mol. The van der Waals surface area contributed by atoms with Crippen LogP contribution >= 0.6 is 11.6 Å². The first-order valence-electron chi connectivity index (χ1n) is 6.03. The zero-order valence-corrected chi connectivity index (χ0v) is 11.9. The van der Waals surface area contributed by atoms with E-state index in [-0.39, 0.29) is 11.4 Å². The van der Waals surface area contributed by atoms with Crippen molar-refractivity contribution in [3.8, 4) is 0 Å². The molecule has 1 unspecified atom stereocenters. The zero-order valence-electron chi connectivity index (χ0n) is 11.1. The molecule has 0 aliphatic carbocycles. The third-order valence-electron chi connectivity index (χ3n) is 3.34. The standard InChI is InChI=1S/C14H16ClFN2O/c1-8-13(9(2)18(3)17-8)12(19)7-10-5-4-6-11(16)14(10)15/h4-6,12,19H,7H2,1-3H3. The van der Waals surface area contributed by atoms with Crippen LogP contribution in [0.3, 0.4) is 0 Å². The Morgan fingerprint density at radius 2 is 2.11 bits per heavy atom. The van der Waals surface area contributed by atoms with E-state index in [4.69, 9.17) is 11.6 Å². The van der Waals surface area contributed by atoms with Gasteiger partial charge in [-0.25, -0.2) is 4.39 Å². The van der Waals surface area contributed by atoms with Gasteiger partial charge in [0.25, 0.3) is 0 Å². The van der Waals surface area contributed by atoms with Gasteiger partial charge in [-0.05, 0) is 25.5 Å². The van der Waals surface area contributed by atoms with E-state index in [0.717, 1.165) is 17.0 Å². The summed E-state index contributed by atoms with van der Waals surface area (Å²) in [5.41, 5.74) is 3.05. The number of aromatic nitrogens is 2. The minimum atomic E-state index is -0.743. The molecule has 0 spiro atoms. The molecule has 5 heteroatoms. The van der Waals surface area contributed by atoms with Gasteiger partial charge in [0.05, 0.1) is 16.8 Å². The fourth-order valence-electron chi connectivity index (χ4n) is 2.29. The van der Waals surface area contributed by atoms with Crippen molar-refractivity contribution < 1.29 is 9.50 Å². The molecule has 2 rings (SSSR count). The molecule has 0 aliphatic heterocycles. The molecule has 0 radical (unpaired) electrons. The monoisotopic (exact) mass is 282 g/mol. The third kappa shape index (κ3) is 2.65. The number of nitrogens with zero attached hydrogens (tertiary/aromatic N) is 2. The summed E-state index contributed by atoms with van der Waals surface area (Å²) in [4.78, 5) is 0. The van der Waals surface area contributed by atoms with Crippen molar-refractivity contribution in [3.05, 3.63) is 51.6 Å². The van der Waals surface area contributed by atoms with E-state index in [1.165, 1.54) is 6.07 Å². The van der Waals surface area contributed by atoms with Gasteiger partial charge in [-0.1, -0.05) is 23.7 Å². The number of aliphatic hydroxyl groups excluding tert-OH is 1. The quantitative estimate of drug-likeness (QED) is 0.939. The lowest BCUT2D eigenvalue weighted by atomic mass is 10.00. The lowest BCUT2D eigenvalue weighted by Gasteiger charge is -2.13. The molecule has 0 saturated carbocycles. The second-order valence-electron chi connectivity index (χ2n) is 4.64. The highest BCUT2D eigenvalue weighted by molar-refractivity contribution is 6.31. The number of benzene rings is 1. The molecule has 3 nitrogen and oxygen atoms in total. The summed E-state index contributed by atoms with van der Waals surface area (Å²) in [6.07, 6.45) is -0.475. The van der Waals surface area contributed by atoms with Gasteiger partial charge >= 0.3 is 0 Å². The van der Waals surface area contributed by atoms with Gasteiger partial charge in [-0.15, -0.1) is 0 Å². The molecule has 0 amide bonds. The maximum absolute atomic E-state index is 13.4. The van der Waals surface area contributed by atoms with E-state index in [2.05, 4.69) is 5.10 Å². The fraction of sp³-hybridized carbons (Fsp3) is 0.357. The van der Waals surface area contributed by atoms with Crippen LogP contribution in [0.25, 0.3) is 0 Å². The average Bonchev–Trinajstić information content (AvgIpc) is 2.59. The average molecular weight is 283 g/mol. The summed E-state index contributed by atoms with van der Waals surface area (Å²) in [7, 11) is 1.83. The van der Waals surface area contributed by atoms with Crippen molar-refractivity contribution in [2.75, 3.05) is 0 Å². The van der Waals surface area contributed by atoms with E-state index >= 15 is 0 Å². The first-order valence-corrected chi connectivity index (χ1v) is 6.40. The molecular weight excluding hydrogens is 267 g/mol. The molecule has 0 saturated heterocycles. The van der Waals surface area contributed by atoms with Crippen molar-refractivity contribution in [2.45, 2.75) is 26.4 Å². The lowest BCUT2D eigenvalue weighted by molar-refractivity contribution is 0.177. The van der Waals surface area contributed by atoms with E-state index in [1.807, 2.05) is 20.9 Å². The van der Waals surface area contributed by atoms with Crippen molar-refractivity contribution in [2.24, 2.45) is 7.05 Å². The van der Waals surface area contributed by atoms with Gasteiger partial charge in [-0.2, -0.15) is 5.10 Å². The fourth-order valence-corrected chi connectivity index (χ4v) is 2.49. The van der Waals surface area contributed by atoms with Gasteiger partial charge < -0.3 is 5.11 Å². The highest BCUT2D eigenvalue weighted by Gasteiger charge is 2.19. The SMILES string of the molecule is Cc1nn(C)c(C)c1C(O)Cc1cccc(F)c1Cl. The minimum Gasteiger partial charge on any atom is -0.388 e. The van der Waals surface area contributed by atoms with Crippen molar-refractivity contribution in [1.29, 1.82) is 0 Å². The Labute approximate surface area is 116 Å². The first kappa shape index (κ1) is 14.0. The maximum Gasteiger partial charge on any atom is 0.142 e. The van der Waals surface area contributed by atoms with Crippen LogP contribution in [-0.4, -0.2) is 14.9 Å². The Morgan fingerprint density at radius 1 is 1.42 bits per heavy atom. The first-order chi connectivity index (χ1) is 8.91. The molecule has 1 aromatic carbocycles. The topological polar surface area (TPSA) is 38.0 Å². The number of hydrogen-bond acceptors (Lipinski definition) is 2. The van der Waals surface area contributed by atoms with Crippen molar-refractivity contribution in [3.63, 3.8) is 0 Å². The molecule has 1 N–H and O–H groups in total. The summed E-state index contributed by atoms with van der Waals surface area (Å²) in [5.74, 6) is -0.467. The molecule has 1 aromatic heterocycles. The van der Waals surface area contributed by atoms with Gasteiger partial charge in [0, 0.05) is 24.7 Å². The van der Waals surface area contributed by atoms with Gasteiger partial charge in [0.15, 0.2) is 0 Å². The van der Waals surface area contributed by atoms with Crippen LogP contribution in [0.2, 0.25) is 5.02 Å². The molecule has 1 heterocycles. The summed E-state index contributed by atoms with van der Waals surface area (Å²) in [6, 6.07) is 4.61. The number of aryl methyl sites for hydroxylation is 2. The summed E-state index contributed by atoms with van der Waals surface area (Å²) in [6.45, 7) is 3.74. The predicted octanol–water partition coefficient (Wildman–Crippen LogP) is 3.11. The molecule has 0 bridgehead atoms. The third-order valence-corrected chi connectivity index (χ3v) is 3.77. The highest BCUT2D eigenvalue weighted by Crippen LogP contribution is 2.28. The maximum atomic E-state index is 13.4. The highest BCUT2D eigenvalue weighted by atomic mass is 35.5. The van der Waals surface area contributed by atoms with E-state index < -0.39 is 11.9 Å². The second kappa shape index (κ2) is 5.31. The summed E-state index contributed by atoms with van der Waals surface area (Å²) >= 11 is 5.90. The smallest absolute Gasteiger partial charge is 0.142 e. The second-order valence-corrected chi connectivity index (χ2v) is 5.02. The zero-order chi connectivity index (χ0) is 14.2. The van der Waals surface area contributed by atoms with E-state index in [1.54, 1.807) is 16.8 Å². The van der Waals surface area contributed by atoms with Crippen LogP contribution in [-0.2, 0) is 13.5 Å². The van der Waals surface area contributed by atoms with Crippen LogP contribution in [0.5, 0.6) is 0 Å². The van der Waals surface area contributed by atoms with Crippen LogP contribution in [0, 0.1) is 19.7 Å². The normalized spacial score (nSPS) is 12.7. The molecular formula is C14H16ClFN2O. The Bertz CT molecular complexity index is 610. The lowest BCUT2D eigenvalue weighted by Crippen LogP contribution is -2.05. The van der Waals surface area contributed by atoms with E-state index in [9.17, 15) is 9.50 Å².